The Hall–Kier alpha value is -3.48. The Morgan fingerprint density at radius 2 is 1.50 bits per heavy atom. The third-order valence-electron chi connectivity index (χ3n) is 4.03. The number of carbonyl (C=O) groups excluding carboxylic acids is 1. The lowest BCUT2D eigenvalue weighted by molar-refractivity contribution is 0.242. The van der Waals surface area contributed by atoms with Gasteiger partial charge in [0.05, 0.1) is 6.10 Å². The molecule has 0 aliphatic heterocycles. The summed E-state index contributed by atoms with van der Waals surface area (Å²) in [7, 11) is 0. The molecule has 7 heteroatoms. The van der Waals surface area contributed by atoms with Crippen LogP contribution in [-0.4, -0.2) is 17.3 Å². The molecule has 0 radical (unpaired) electrons. The van der Waals surface area contributed by atoms with E-state index in [4.69, 9.17) is 14.0 Å². The topological polar surface area (TPSA) is 85.6 Å². The highest BCUT2D eigenvalue weighted by Crippen LogP contribution is 2.26. The Kier molecular flexibility index (Phi) is 6.30. The zero-order valence-corrected chi connectivity index (χ0v) is 17.9. The van der Waals surface area contributed by atoms with Crippen molar-refractivity contribution in [3.05, 3.63) is 60.4 Å². The predicted octanol–water partition coefficient (Wildman–Crippen LogP) is 6.20. The maximum atomic E-state index is 12.2. The molecule has 3 aromatic rings. The van der Waals surface area contributed by atoms with E-state index < -0.39 is 6.03 Å². The second-order valence-corrected chi connectivity index (χ2v) is 8.17. The molecule has 0 saturated carbocycles. The van der Waals surface area contributed by atoms with E-state index in [1.165, 1.54) is 0 Å². The summed E-state index contributed by atoms with van der Waals surface area (Å²) in [6.45, 7) is 9.99. The van der Waals surface area contributed by atoms with Crippen molar-refractivity contribution < 1.29 is 18.8 Å². The molecule has 158 valence electrons. The van der Waals surface area contributed by atoms with Gasteiger partial charge in [-0.1, -0.05) is 25.9 Å². The molecule has 1 heterocycles. The first kappa shape index (κ1) is 21.2. The van der Waals surface area contributed by atoms with Crippen molar-refractivity contribution in [1.29, 1.82) is 0 Å². The van der Waals surface area contributed by atoms with Crippen molar-refractivity contribution in [2.45, 2.75) is 46.1 Å². The Bertz CT molecular complexity index is 971. The first-order valence-electron chi connectivity index (χ1n) is 9.79. The van der Waals surface area contributed by atoms with Crippen molar-refractivity contribution in [3.63, 3.8) is 0 Å². The first-order valence-corrected chi connectivity index (χ1v) is 9.79. The van der Waals surface area contributed by atoms with E-state index in [-0.39, 0.29) is 11.5 Å². The number of nitrogens with zero attached hydrogens (tertiary/aromatic N) is 1. The van der Waals surface area contributed by atoms with E-state index in [9.17, 15) is 4.79 Å². The third kappa shape index (κ3) is 6.01. The Morgan fingerprint density at radius 1 is 0.933 bits per heavy atom. The summed E-state index contributed by atoms with van der Waals surface area (Å²) in [4.78, 5) is 12.2. The summed E-state index contributed by atoms with van der Waals surface area (Å²) >= 11 is 0. The van der Waals surface area contributed by atoms with Crippen molar-refractivity contribution >= 4 is 17.5 Å². The van der Waals surface area contributed by atoms with Gasteiger partial charge >= 0.3 is 6.03 Å². The highest BCUT2D eigenvalue weighted by Gasteiger charge is 2.20. The fourth-order valence-corrected chi connectivity index (χ4v) is 2.57. The van der Waals surface area contributed by atoms with Crippen molar-refractivity contribution in [1.82, 2.24) is 5.16 Å². The molecule has 0 saturated heterocycles. The summed E-state index contributed by atoms with van der Waals surface area (Å²) in [5.74, 6) is 3.21. The van der Waals surface area contributed by atoms with Gasteiger partial charge in [-0.2, -0.15) is 0 Å². The lowest BCUT2D eigenvalue weighted by Crippen LogP contribution is -2.19. The third-order valence-corrected chi connectivity index (χ3v) is 4.03. The molecule has 1 aromatic heterocycles. The zero-order chi connectivity index (χ0) is 21.7. The molecule has 3 rings (SSSR count). The lowest BCUT2D eigenvalue weighted by atomic mass is 9.93. The predicted molar refractivity (Wildman–Crippen MR) is 117 cm³/mol. The van der Waals surface area contributed by atoms with E-state index >= 15 is 0 Å². The van der Waals surface area contributed by atoms with Crippen molar-refractivity contribution in [2.75, 3.05) is 10.6 Å². The minimum Gasteiger partial charge on any atom is -0.491 e. The smallest absolute Gasteiger partial charge is 0.324 e. The van der Waals surface area contributed by atoms with Gasteiger partial charge in [-0.3, -0.25) is 5.32 Å². The van der Waals surface area contributed by atoms with Gasteiger partial charge in [-0.25, -0.2) is 4.79 Å². The van der Waals surface area contributed by atoms with Crippen LogP contribution in [0.1, 0.15) is 40.4 Å². The molecule has 2 amide bonds. The van der Waals surface area contributed by atoms with E-state index in [0.717, 1.165) is 5.75 Å². The largest absolute Gasteiger partial charge is 0.491 e. The number of rotatable bonds is 6. The Balaban J connectivity index is 1.54. The van der Waals surface area contributed by atoms with Gasteiger partial charge in [-0.05, 0) is 62.4 Å². The quantitative estimate of drug-likeness (QED) is 0.506. The summed E-state index contributed by atoms with van der Waals surface area (Å²) in [6, 6.07) is 15.8. The van der Waals surface area contributed by atoms with Crippen LogP contribution < -0.4 is 20.1 Å². The van der Waals surface area contributed by atoms with Gasteiger partial charge in [0.2, 0.25) is 0 Å². The number of aromatic nitrogens is 1. The zero-order valence-electron chi connectivity index (χ0n) is 17.9. The van der Waals surface area contributed by atoms with E-state index in [1.54, 1.807) is 30.3 Å². The molecule has 0 aliphatic carbocycles. The summed E-state index contributed by atoms with van der Waals surface area (Å²) in [6.07, 6.45) is 0.124. The van der Waals surface area contributed by atoms with Crippen molar-refractivity contribution in [2.24, 2.45) is 0 Å². The minimum absolute atomic E-state index is 0.124. The van der Waals surface area contributed by atoms with Crippen LogP contribution >= 0.6 is 0 Å². The Labute approximate surface area is 176 Å². The molecule has 0 spiro atoms. The van der Waals surface area contributed by atoms with E-state index in [0.29, 0.717) is 28.8 Å². The van der Waals surface area contributed by atoms with Crippen LogP contribution in [0.15, 0.2) is 59.1 Å². The fourth-order valence-electron chi connectivity index (χ4n) is 2.57. The molecular weight excluding hydrogens is 382 g/mol. The molecular formula is C23H27N3O4. The highest BCUT2D eigenvalue weighted by atomic mass is 16.5. The van der Waals surface area contributed by atoms with Crippen LogP contribution in [0.3, 0.4) is 0 Å². The molecule has 2 aromatic carbocycles. The number of ether oxygens (including phenoxy) is 2. The molecule has 30 heavy (non-hydrogen) atoms. The Morgan fingerprint density at radius 3 is 2.03 bits per heavy atom. The molecule has 0 unspecified atom stereocenters. The summed E-state index contributed by atoms with van der Waals surface area (Å²) < 4.78 is 16.7. The second kappa shape index (κ2) is 8.90. The fraction of sp³-hybridized carbons (Fsp3) is 0.304. The lowest BCUT2D eigenvalue weighted by Gasteiger charge is -2.12. The van der Waals surface area contributed by atoms with Crippen LogP contribution in [-0.2, 0) is 5.41 Å². The highest BCUT2D eigenvalue weighted by molar-refractivity contribution is 5.99. The normalized spacial score (nSPS) is 11.3. The summed E-state index contributed by atoms with van der Waals surface area (Å²) in [5, 5.41) is 9.28. The van der Waals surface area contributed by atoms with Gasteiger partial charge in [0.1, 0.15) is 23.0 Å². The minimum atomic E-state index is -0.404. The molecule has 7 nitrogen and oxygen atoms in total. The molecule has 0 bridgehead atoms. The van der Waals surface area contributed by atoms with Crippen LogP contribution in [0.2, 0.25) is 0 Å². The number of nitrogens with one attached hydrogen (secondary N) is 2. The van der Waals surface area contributed by atoms with Crippen LogP contribution in [0.4, 0.5) is 16.3 Å². The number of hydrogen-bond donors (Lipinski definition) is 2. The molecule has 0 fully saturated rings. The summed E-state index contributed by atoms with van der Waals surface area (Å²) in [5.41, 5.74) is 0.446. The number of benzene rings is 2. The average Bonchev–Trinajstić information content (AvgIpc) is 3.13. The SMILES string of the molecule is CC(C)Oc1ccc(Oc2ccc(NC(=O)Nc3cc(C(C)(C)C)on3)cc2)cc1. The monoisotopic (exact) mass is 409 g/mol. The molecule has 0 aliphatic rings. The maximum absolute atomic E-state index is 12.2. The number of amides is 2. The van der Waals surface area contributed by atoms with Gasteiger partial charge in [-0.15, -0.1) is 0 Å². The van der Waals surface area contributed by atoms with Crippen LogP contribution in [0.5, 0.6) is 17.2 Å². The molecule has 2 N–H and O–H groups in total. The van der Waals surface area contributed by atoms with E-state index in [2.05, 4.69) is 15.8 Å². The van der Waals surface area contributed by atoms with Gasteiger partial charge in [0.15, 0.2) is 5.82 Å². The van der Waals surface area contributed by atoms with Crippen LogP contribution in [0, 0.1) is 0 Å². The molecule has 0 atom stereocenters. The number of urea groups is 1. The van der Waals surface area contributed by atoms with Crippen LogP contribution in [0.25, 0.3) is 0 Å². The number of carbonyl (C=O) groups is 1. The second-order valence-electron chi connectivity index (χ2n) is 8.17. The number of anilines is 2. The average molecular weight is 409 g/mol. The number of hydrogen-bond acceptors (Lipinski definition) is 5. The standard InChI is InChI=1S/C23H27N3O4/c1-15(2)28-17-10-12-19(13-11-17)29-18-8-6-16(7-9-18)24-22(27)25-21-14-20(30-26-21)23(3,4)5/h6-15H,1-5H3,(H2,24,25,26,27). The maximum Gasteiger partial charge on any atom is 0.324 e. The van der Waals surface area contributed by atoms with E-state index in [1.807, 2.05) is 58.9 Å². The first-order chi connectivity index (χ1) is 14.2. The van der Waals surface area contributed by atoms with Gasteiger partial charge in [0, 0.05) is 17.2 Å². The van der Waals surface area contributed by atoms with Crippen molar-refractivity contribution in [3.8, 4) is 17.2 Å². The van der Waals surface area contributed by atoms with Gasteiger partial charge < -0.3 is 19.3 Å². The van der Waals surface area contributed by atoms with Gasteiger partial charge in [0.25, 0.3) is 0 Å².